The molecule has 0 radical (unpaired) electrons. The highest BCUT2D eigenvalue weighted by Crippen LogP contribution is 2.12. The Labute approximate surface area is 80.6 Å². The number of nitrogen functional groups attached to an aromatic ring is 1. The van der Waals surface area contributed by atoms with Gasteiger partial charge in [-0.3, -0.25) is 9.36 Å². The van der Waals surface area contributed by atoms with Crippen molar-refractivity contribution in [2.24, 2.45) is 0 Å². The quantitative estimate of drug-likeness (QED) is 0.683. The van der Waals surface area contributed by atoms with Gasteiger partial charge in [-0.25, -0.2) is 9.97 Å². The first-order chi connectivity index (χ1) is 6.59. The molecule has 0 atom stereocenters. The minimum atomic E-state index is -0.157. The van der Waals surface area contributed by atoms with Crippen LogP contribution in [0.1, 0.15) is 19.9 Å². The highest BCUT2D eigenvalue weighted by Gasteiger charge is 2.12. The van der Waals surface area contributed by atoms with E-state index in [-0.39, 0.29) is 11.5 Å². The summed E-state index contributed by atoms with van der Waals surface area (Å²) in [6.45, 7) is 4.09. The van der Waals surface area contributed by atoms with Crippen LogP contribution in [0.25, 0.3) is 11.0 Å². The van der Waals surface area contributed by atoms with Crippen LogP contribution in [0, 0.1) is 0 Å². The first-order valence-electron chi connectivity index (χ1n) is 4.51. The lowest BCUT2D eigenvalue weighted by molar-refractivity contribution is -0.336. The summed E-state index contributed by atoms with van der Waals surface area (Å²) in [7, 11) is 0. The largest absolute Gasteiger partial charge is 0.312 e. The molecule has 2 aromatic heterocycles. The molecule has 0 bridgehead atoms. The lowest BCUT2D eigenvalue weighted by Gasteiger charge is -2.03. The van der Waals surface area contributed by atoms with E-state index in [2.05, 4.69) is 9.97 Å². The number of nitrogens with zero attached hydrogens (tertiary/aromatic N) is 1. The Kier molecular flexibility index (Phi) is 1.80. The second-order valence-electron chi connectivity index (χ2n) is 3.57. The summed E-state index contributed by atoms with van der Waals surface area (Å²) in [5.41, 5.74) is 6.14. The Morgan fingerprint density at radius 1 is 1.57 bits per heavy atom. The number of nitrogens with one attached hydrogen (secondary N) is 2. The SMILES string of the molecule is CC(C)n1ccc2c(=O)[nH]c(N)[nH+]c21. The number of aromatic nitrogens is 3. The van der Waals surface area contributed by atoms with Gasteiger partial charge in [-0.1, -0.05) is 0 Å². The molecule has 0 spiro atoms. The molecule has 0 aliphatic heterocycles. The van der Waals surface area contributed by atoms with E-state index in [0.29, 0.717) is 11.4 Å². The first-order valence-corrected chi connectivity index (χ1v) is 4.51. The molecule has 0 amide bonds. The van der Waals surface area contributed by atoms with Crippen molar-refractivity contribution in [2.45, 2.75) is 19.9 Å². The summed E-state index contributed by atoms with van der Waals surface area (Å²) in [4.78, 5) is 16.9. The summed E-state index contributed by atoms with van der Waals surface area (Å²) in [5, 5.41) is 0.632. The van der Waals surface area contributed by atoms with Crippen LogP contribution in [0.5, 0.6) is 0 Å². The smallest absolute Gasteiger partial charge is 0.310 e. The number of hydrogen-bond donors (Lipinski definition) is 2. The third-order valence-electron chi connectivity index (χ3n) is 2.22. The molecular formula is C9H13N4O+. The molecule has 14 heavy (non-hydrogen) atoms. The number of hydrogen-bond acceptors (Lipinski definition) is 2. The summed E-state index contributed by atoms with van der Waals surface area (Å²) < 4.78 is 1.97. The molecule has 74 valence electrons. The zero-order valence-corrected chi connectivity index (χ0v) is 8.16. The predicted octanol–water partition coefficient (Wildman–Crippen LogP) is 0.307. The Hall–Kier alpha value is -1.78. The van der Waals surface area contributed by atoms with Crippen molar-refractivity contribution >= 4 is 17.0 Å². The molecule has 0 saturated carbocycles. The van der Waals surface area contributed by atoms with Crippen LogP contribution < -0.4 is 16.3 Å². The minimum absolute atomic E-state index is 0.157. The third kappa shape index (κ3) is 1.17. The zero-order valence-electron chi connectivity index (χ0n) is 8.16. The standard InChI is InChI=1S/C9H12N4O/c1-5(2)13-4-3-6-7(13)11-9(10)12-8(6)14/h3-5H,1-2H3,(H3,10,11,12,14)/p+1. The van der Waals surface area contributed by atoms with Gasteiger partial charge in [0.2, 0.25) is 5.65 Å². The van der Waals surface area contributed by atoms with Crippen LogP contribution >= 0.6 is 0 Å². The molecule has 0 aliphatic carbocycles. The van der Waals surface area contributed by atoms with Crippen molar-refractivity contribution in [1.82, 2.24) is 9.55 Å². The number of aromatic amines is 2. The maximum atomic E-state index is 11.5. The Morgan fingerprint density at radius 3 is 2.93 bits per heavy atom. The number of rotatable bonds is 1. The number of fused-ring (bicyclic) bond motifs is 1. The topological polar surface area (TPSA) is 78.0 Å². The molecule has 4 N–H and O–H groups in total. The van der Waals surface area contributed by atoms with E-state index in [9.17, 15) is 4.79 Å². The molecule has 0 unspecified atom stereocenters. The van der Waals surface area contributed by atoms with Gasteiger partial charge in [-0.05, 0) is 19.9 Å². The minimum Gasteiger partial charge on any atom is -0.310 e. The Bertz CT molecular complexity index is 523. The second kappa shape index (κ2) is 2.87. The third-order valence-corrected chi connectivity index (χ3v) is 2.22. The highest BCUT2D eigenvalue weighted by molar-refractivity contribution is 5.72. The van der Waals surface area contributed by atoms with Crippen LogP contribution in [0.2, 0.25) is 0 Å². The number of H-pyrrole nitrogens is 2. The van der Waals surface area contributed by atoms with Crippen LogP contribution in [0.3, 0.4) is 0 Å². The summed E-state index contributed by atoms with van der Waals surface area (Å²) in [6.07, 6.45) is 1.88. The molecule has 2 heterocycles. The fourth-order valence-electron chi connectivity index (χ4n) is 1.54. The van der Waals surface area contributed by atoms with Gasteiger partial charge >= 0.3 is 11.5 Å². The average molecular weight is 193 g/mol. The maximum absolute atomic E-state index is 11.5. The van der Waals surface area contributed by atoms with Gasteiger partial charge < -0.3 is 5.73 Å². The molecule has 0 fully saturated rings. The predicted molar refractivity (Wildman–Crippen MR) is 53.9 cm³/mol. The molecule has 0 aliphatic rings. The van der Waals surface area contributed by atoms with Crippen LogP contribution in [-0.4, -0.2) is 9.55 Å². The van der Waals surface area contributed by atoms with Gasteiger partial charge in [0.1, 0.15) is 5.39 Å². The summed E-state index contributed by atoms with van der Waals surface area (Å²) in [6, 6.07) is 2.08. The molecule has 5 nitrogen and oxygen atoms in total. The fraction of sp³-hybridized carbons (Fsp3) is 0.333. The first kappa shape index (κ1) is 8.80. The van der Waals surface area contributed by atoms with Crippen LogP contribution in [0.15, 0.2) is 17.1 Å². The van der Waals surface area contributed by atoms with E-state index in [1.807, 2.05) is 24.6 Å². The van der Waals surface area contributed by atoms with E-state index in [1.165, 1.54) is 0 Å². The van der Waals surface area contributed by atoms with E-state index < -0.39 is 0 Å². The van der Waals surface area contributed by atoms with E-state index >= 15 is 0 Å². The van der Waals surface area contributed by atoms with Gasteiger partial charge in [0.25, 0.3) is 0 Å². The van der Waals surface area contributed by atoms with Crippen molar-refractivity contribution in [3.8, 4) is 0 Å². The summed E-state index contributed by atoms with van der Waals surface area (Å²) in [5.74, 6) is 0.281. The molecule has 0 saturated heterocycles. The van der Waals surface area contributed by atoms with E-state index in [0.717, 1.165) is 5.65 Å². The van der Waals surface area contributed by atoms with Crippen molar-refractivity contribution < 1.29 is 4.98 Å². The lowest BCUT2D eigenvalue weighted by atomic mass is 10.4. The number of nitrogens with two attached hydrogens (primary N) is 1. The van der Waals surface area contributed by atoms with Crippen LogP contribution in [-0.2, 0) is 0 Å². The summed E-state index contributed by atoms with van der Waals surface area (Å²) >= 11 is 0. The van der Waals surface area contributed by atoms with Crippen molar-refractivity contribution in [1.29, 1.82) is 0 Å². The number of anilines is 1. The molecule has 5 heteroatoms. The zero-order chi connectivity index (χ0) is 10.3. The molecule has 0 aromatic carbocycles. The van der Waals surface area contributed by atoms with Crippen molar-refractivity contribution in [3.63, 3.8) is 0 Å². The van der Waals surface area contributed by atoms with E-state index in [4.69, 9.17) is 5.73 Å². The average Bonchev–Trinajstić information content (AvgIpc) is 2.47. The van der Waals surface area contributed by atoms with Crippen LogP contribution in [0.4, 0.5) is 5.95 Å². The van der Waals surface area contributed by atoms with Gasteiger partial charge in [-0.2, -0.15) is 0 Å². The monoisotopic (exact) mass is 193 g/mol. The Morgan fingerprint density at radius 2 is 2.29 bits per heavy atom. The Balaban J connectivity index is 2.85. The molecule has 2 rings (SSSR count). The highest BCUT2D eigenvalue weighted by atomic mass is 16.1. The second-order valence-corrected chi connectivity index (χ2v) is 3.57. The lowest BCUT2D eigenvalue weighted by Crippen LogP contribution is -2.23. The van der Waals surface area contributed by atoms with Gasteiger partial charge in [0, 0.05) is 6.20 Å². The maximum Gasteiger partial charge on any atom is 0.312 e. The van der Waals surface area contributed by atoms with E-state index in [1.54, 1.807) is 6.07 Å². The van der Waals surface area contributed by atoms with Gasteiger partial charge in [-0.15, -0.1) is 0 Å². The van der Waals surface area contributed by atoms with Gasteiger partial charge in [0.05, 0.1) is 6.04 Å². The van der Waals surface area contributed by atoms with Crippen molar-refractivity contribution in [2.75, 3.05) is 5.73 Å². The van der Waals surface area contributed by atoms with Gasteiger partial charge in [0.15, 0.2) is 0 Å². The van der Waals surface area contributed by atoms with Crippen molar-refractivity contribution in [3.05, 3.63) is 22.6 Å². The normalized spacial score (nSPS) is 11.4. The fourth-order valence-corrected chi connectivity index (χ4v) is 1.54. The molecule has 2 aromatic rings. The molecular weight excluding hydrogens is 180 g/mol.